The molecule has 0 bridgehead atoms. The number of nitrogens with zero attached hydrogens (tertiary/aromatic N) is 2. The summed E-state index contributed by atoms with van der Waals surface area (Å²) in [7, 11) is 0. The number of hydrogen-bond donors (Lipinski definition) is 1. The Kier molecular flexibility index (Phi) is 6.75. The fourth-order valence-electron chi connectivity index (χ4n) is 3.43. The summed E-state index contributed by atoms with van der Waals surface area (Å²) in [6, 6.07) is 15.4. The van der Waals surface area contributed by atoms with Gasteiger partial charge in [-0.05, 0) is 36.8 Å². The highest BCUT2D eigenvalue weighted by Crippen LogP contribution is 2.27. The van der Waals surface area contributed by atoms with Crippen LogP contribution in [0.1, 0.15) is 19.4 Å². The standard InChI is InChI=1S/C23H29N3O3/c1-17(2)23(28)26-13-11-25(12-14-26)21-10-5-4-9-20(21)24-22(27)16-29-19-8-6-7-18(3)15-19/h4-10,15,17H,11-14,16H2,1-3H3,(H,24,27). The van der Waals surface area contributed by atoms with E-state index >= 15 is 0 Å². The van der Waals surface area contributed by atoms with Crippen LogP contribution in [0.5, 0.6) is 5.75 Å². The molecule has 0 saturated carbocycles. The first-order chi connectivity index (χ1) is 13.9. The molecule has 1 aliphatic heterocycles. The van der Waals surface area contributed by atoms with Gasteiger partial charge in [0.15, 0.2) is 6.61 Å². The van der Waals surface area contributed by atoms with Crippen LogP contribution in [0.3, 0.4) is 0 Å². The SMILES string of the molecule is Cc1cccc(OCC(=O)Nc2ccccc2N2CCN(C(=O)C(C)C)CC2)c1. The summed E-state index contributed by atoms with van der Waals surface area (Å²) >= 11 is 0. The molecule has 0 aliphatic carbocycles. The van der Waals surface area contributed by atoms with Gasteiger partial charge in [-0.3, -0.25) is 9.59 Å². The van der Waals surface area contributed by atoms with Gasteiger partial charge in [0.25, 0.3) is 5.91 Å². The lowest BCUT2D eigenvalue weighted by molar-refractivity contribution is -0.134. The number of nitrogens with one attached hydrogen (secondary N) is 1. The number of carbonyl (C=O) groups excluding carboxylic acids is 2. The van der Waals surface area contributed by atoms with E-state index in [-0.39, 0.29) is 24.3 Å². The third-order valence-corrected chi connectivity index (χ3v) is 4.96. The van der Waals surface area contributed by atoms with E-state index in [4.69, 9.17) is 4.74 Å². The maximum absolute atomic E-state index is 12.4. The Balaban J connectivity index is 1.59. The van der Waals surface area contributed by atoms with E-state index in [0.29, 0.717) is 18.8 Å². The van der Waals surface area contributed by atoms with Gasteiger partial charge in [0.05, 0.1) is 11.4 Å². The molecule has 0 aromatic heterocycles. The summed E-state index contributed by atoms with van der Waals surface area (Å²) in [4.78, 5) is 28.7. The highest BCUT2D eigenvalue weighted by atomic mass is 16.5. The number of aryl methyl sites for hydroxylation is 1. The Hall–Kier alpha value is -3.02. The van der Waals surface area contributed by atoms with Crippen LogP contribution in [0.25, 0.3) is 0 Å². The van der Waals surface area contributed by atoms with Gasteiger partial charge >= 0.3 is 0 Å². The zero-order chi connectivity index (χ0) is 20.8. The number of hydrogen-bond acceptors (Lipinski definition) is 4. The summed E-state index contributed by atoms with van der Waals surface area (Å²) in [6.07, 6.45) is 0. The van der Waals surface area contributed by atoms with Crippen LogP contribution in [0.4, 0.5) is 11.4 Å². The molecule has 0 spiro atoms. The molecule has 1 N–H and O–H groups in total. The fourth-order valence-corrected chi connectivity index (χ4v) is 3.43. The monoisotopic (exact) mass is 395 g/mol. The van der Waals surface area contributed by atoms with E-state index in [1.165, 1.54) is 0 Å². The van der Waals surface area contributed by atoms with Crippen molar-refractivity contribution in [2.75, 3.05) is 43.0 Å². The van der Waals surface area contributed by atoms with Crippen LogP contribution in [0, 0.1) is 12.8 Å². The van der Waals surface area contributed by atoms with Crippen molar-refractivity contribution >= 4 is 23.2 Å². The molecule has 2 aromatic carbocycles. The summed E-state index contributed by atoms with van der Waals surface area (Å²) in [5, 5.41) is 2.96. The fraction of sp³-hybridized carbons (Fsp3) is 0.391. The Morgan fingerprint density at radius 1 is 1.03 bits per heavy atom. The summed E-state index contributed by atoms with van der Waals surface area (Å²) in [6.45, 7) is 8.66. The number of anilines is 2. The van der Waals surface area contributed by atoms with Crippen LogP contribution < -0.4 is 15.0 Å². The lowest BCUT2D eigenvalue weighted by atomic mass is 10.1. The molecule has 1 saturated heterocycles. The predicted molar refractivity (Wildman–Crippen MR) is 115 cm³/mol. The van der Waals surface area contributed by atoms with Crippen molar-refractivity contribution in [1.29, 1.82) is 0 Å². The van der Waals surface area contributed by atoms with E-state index in [0.717, 1.165) is 30.0 Å². The van der Waals surface area contributed by atoms with E-state index in [1.54, 1.807) is 0 Å². The second-order valence-corrected chi connectivity index (χ2v) is 7.64. The van der Waals surface area contributed by atoms with Gasteiger partial charge in [0.2, 0.25) is 5.91 Å². The van der Waals surface area contributed by atoms with Crippen molar-refractivity contribution in [2.24, 2.45) is 5.92 Å². The minimum atomic E-state index is -0.201. The molecule has 0 radical (unpaired) electrons. The molecule has 1 fully saturated rings. The van der Waals surface area contributed by atoms with E-state index in [2.05, 4.69) is 10.2 Å². The summed E-state index contributed by atoms with van der Waals surface area (Å²) in [5.74, 6) is 0.688. The molecular formula is C23H29N3O3. The number of carbonyl (C=O) groups is 2. The van der Waals surface area contributed by atoms with Crippen molar-refractivity contribution in [2.45, 2.75) is 20.8 Å². The van der Waals surface area contributed by atoms with E-state index in [1.807, 2.05) is 74.2 Å². The van der Waals surface area contributed by atoms with Gasteiger partial charge in [0.1, 0.15) is 5.75 Å². The molecule has 6 nitrogen and oxygen atoms in total. The third-order valence-electron chi connectivity index (χ3n) is 4.96. The van der Waals surface area contributed by atoms with Crippen molar-refractivity contribution in [3.05, 3.63) is 54.1 Å². The molecule has 6 heteroatoms. The quantitative estimate of drug-likeness (QED) is 0.815. The Bertz CT molecular complexity index is 858. The molecule has 2 aromatic rings. The van der Waals surface area contributed by atoms with Crippen molar-refractivity contribution in [3.8, 4) is 5.75 Å². The smallest absolute Gasteiger partial charge is 0.262 e. The molecule has 29 heavy (non-hydrogen) atoms. The van der Waals surface area contributed by atoms with Crippen molar-refractivity contribution in [3.63, 3.8) is 0 Å². The number of piperazine rings is 1. The zero-order valence-corrected chi connectivity index (χ0v) is 17.4. The van der Waals surface area contributed by atoms with E-state index in [9.17, 15) is 9.59 Å². The normalized spacial score (nSPS) is 14.1. The van der Waals surface area contributed by atoms with Gasteiger partial charge in [-0.25, -0.2) is 0 Å². The Morgan fingerprint density at radius 2 is 1.76 bits per heavy atom. The number of ether oxygens (including phenoxy) is 1. The minimum Gasteiger partial charge on any atom is -0.484 e. The first kappa shape index (κ1) is 20.7. The predicted octanol–water partition coefficient (Wildman–Crippen LogP) is 3.32. The molecule has 1 aliphatic rings. The van der Waals surface area contributed by atoms with Gasteiger partial charge in [-0.2, -0.15) is 0 Å². The van der Waals surface area contributed by atoms with Crippen molar-refractivity contribution < 1.29 is 14.3 Å². The van der Waals surface area contributed by atoms with Gasteiger partial charge in [-0.1, -0.05) is 38.1 Å². The highest BCUT2D eigenvalue weighted by molar-refractivity contribution is 5.95. The van der Waals surface area contributed by atoms with Crippen LogP contribution in [-0.4, -0.2) is 49.5 Å². The lowest BCUT2D eigenvalue weighted by Crippen LogP contribution is -2.50. The second-order valence-electron chi connectivity index (χ2n) is 7.64. The summed E-state index contributed by atoms with van der Waals surface area (Å²) in [5.41, 5.74) is 2.81. The second kappa shape index (κ2) is 9.45. The summed E-state index contributed by atoms with van der Waals surface area (Å²) < 4.78 is 5.60. The maximum Gasteiger partial charge on any atom is 0.262 e. The molecule has 3 rings (SSSR count). The third kappa shape index (κ3) is 5.50. The molecule has 0 unspecified atom stereocenters. The van der Waals surface area contributed by atoms with Crippen LogP contribution >= 0.6 is 0 Å². The Morgan fingerprint density at radius 3 is 2.45 bits per heavy atom. The first-order valence-corrected chi connectivity index (χ1v) is 10.1. The molecular weight excluding hydrogens is 366 g/mol. The average Bonchev–Trinajstić information content (AvgIpc) is 2.72. The molecule has 154 valence electrons. The average molecular weight is 396 g/mol. The Labute approximate surface area is 172 Å². The molecule has 0 atom stereocenters. The molecule has 1 heterocycles. The van der Waals surface area contributed by atoms with Crippen molar-refractivity contribution in [1.82, 2.24) is 4.90 Å². The van der Waals surface area contributed by atoms with Crippen LogP contribution in [0.15, 0.2) is 48.5 Å². The highest BCUT2D eigenvalue weighted by Gasteiger charge is 2.24. The van der Waals surface area contributed by atoms with Crippen LogP contribution in [-0.2, 0) is 9.59 Å². The molecule has 2 amide bonds. The van der Waals surface area contributed by atoms with Crippen LogP contribution in [0.2, 0.25) is 0 Å². The lowest BCUT2D eigenvalue weighted by Gasteiger charge is -2.37. The zero-order valence-electron chi connectivity index (χ0n) is 17.4. The van der Waals surface area contributed by atoms with E-state index < -0.39 is 0 Å². The first-order valence-electron chi connectivity index (χ1n) is 10.1. The minimum absolute atomic E-state index is 0.0153. The van der Waals surface area contributed by atoms with Gasteiger partial charge < -0.3 is 19.9 Å². The topological polar surface area (TPSA) is 61.9 Å². The number of rotatable bonds is 6. The van der Waals surface area contributed by atoms with Gasteiger partial charge in [0, 0.05) is 32.1 Å². The number of para-hydroxylation sites is 2. The maximum atomic E-state index is 12.4. The number of amides is 2. The van der Waals surface area contributed by atoms with Gasteiger partial charge in [-0.15, -0.1) is 0 Å². The number of benzene rings is 2. The largest absolute Gasteiger partial charge is 0.484 e.